The third-order valence-corrected chi connectivity index (χ3v) is 6.12. The molecule has 2 N–H and O–H groups in total. The van der Waals surface area contributed by atoms with Gasteiger partial charge in [0, 0.05) is 25.0 Å². The molecule has 0 bridgehead atoms. The molecule has 2 saturated heterocycles. The largest absolute Gasteiger partial charge is 0.379 e. The van der Waals surface area contributed by atoms with Crippen LogP contribution in [0.15, 0.2) is 28.9 Å². The second-order valence-corrected chi connectivity index (χ2v) is 7.87. The quantitative estimate of drug-likeness (QED) is 0.869. The van der Waals surface area contributed by atoms with Crippen molar-refractivity contribution >= 4 is 11.7 Å². The molecule has 1 aromatic carbocycles. The lowest BCUT2D eigenvalue weighted by Crippen LogP contribution is -2.50. The number of benzene rings is 1. The molecule has 3 heterocycles. The van der Waals surface area contributed by atoms with Gasteiger partial charge >= 0.3 is 0 Å². The molecule has 150 valence electrons. The number of rotatable bonds is 3. The summed E-state index contributed by atoms with van der Waals surface area (Å²) in [4.78, 5) is 17.5. The highest BCUT2D eigenvalue weighted by molar-refractivity contribution is 5.80. The molecule has 0 saturated carbocycles. The van der Waals surface area contributed by atoms with Gasteiger partial charge in [0.15, 0.2) is 5.82 Å². The van der Waals surface area contributed by atoms with Crippen LogP contribution in [0, 0.1) is 5.82 Å². The number of nitrogen functional groups attached to an aromatic ring is 1. The molecule has 7 nitrogen and oxygen atoms in total. The van der Waals surface area contributed by atoms with Gasteiger partial charge in [-0.3, -0.25) is 4.79 Å². The van der Waals surface area contributed by atoms with E-state index in [0.29, 0.717) is 12.2 Å². The number of nitrogens with two attached hydrogens (primary N) is 1. The van der Waals surface area contributed by atoms with Crippen LogP contribution in [0.2, 0.25) is 0 Å². The fourth-order valence-corrected chi connectivity index (χ4v) is 4.77. The highest BCUT2D eigenvalue weighted by Crippen LogP contribution is 2.38. The minimum Gasteiger partial charge on any atom is -0.379 e. The van der Waals surface area contributed by atoms with E-state index in [1.54, 1.807) is 12.1 Å². The summed E-state index contributed by atoms with van der Waals surface area (Å²) in [5, 5.41) is 7.33. The number of nitrogens with zero attached hydrogens (tertiary/aromatic N) is 4. The zero-order valence-corrected chi connectivity index (χ0v) is 16.1. The topological polar surface area (TPSA) is 88.5 Å². The lowest BCUT2D eigenvalue weighted by Gasteiger charge is -2.39. The molecule has 0 aliphatic carbocycles. The van der Waals surface area contributed by atoms with E-state index in [9.17, 15) is 9.18 Å². The van der Waals surface area contributed by atoms with Crippen molar-refractivity contribution in [2.75, 3.05) is 25.9 Å². The summed E-state index contributed by atoms with van der Waals surface area (Å²) >= 11 is 0. The smallest absolute Gasteiger partial charge is 0.229 e. The van der Waals surface area contributed by atoms with Crippen LogP contribution >= 0.6 is 0 Å². The van der Waals surface area contributed by atoms with Gasteiger partial charge in [0.05, 0.1) is 12.5 Å². The van der Waals surface area contributed by atoms with E-state index in [4.69, 9.17) is 5.73 Å². The van der Waals surface area contributed by atoms with E-state index in [1.807, 2.05) is 11.0 Å². The van der Waals surface area contributed by atoms with Crippen LogP contribution in [0.3, 0.4) is 0 Å². The van der Waals surface area contributed by atoms with Crippen LogP contribution in [0.5, 0.6) is 0 Å². The Morgan fingerprint density at radius 1 is 1.32 bits per heavy atom. The number of likely N-dealkylation sites (tertiary alicyclic amines) is 2. The minimum atomic E-state index is -0.242. The normalized spacial score (nSPS) is 25.9. The van der Waals surface area contributed by atoms with Gasteiger partial charge in [0.1, 0.15) is 11.5 Å². The van der Waals surface area contributed by atoms with Crippen molar-refractivity contribution in [3.63, 3.8) is 0 Å². The molecule has 2 fully saturated rings. The number of anilines is 1. The Balaban J connectivity index is 1.66. The van der Waals surface area contributed by atoms with Crippen LogP contribution in [-0.2, 0) is 11.2 Å². The SMILES string of the molecule is CN1C[C@@H](c2cccc(F)c2)[C@H]2[C@H]1CCCCCN2C(=O)Cc1nonc1N. The molecule has 1 aromatic heterocycles. The highest BCUT2D eigenvalue weighted by Gasteiger charge is 2.45. The van der Waals surface area contributed by atoms with Gasteiger partial charge in [0.2, 0.25) is 5.91 Å². The molecule has 2 aliphatic heterocycles. The highest BCUT2D eigenvalue weighted by atomic mass is 19.1. The van der Waals surface area contributed by atoms with E-state index in [1.165, 1.54) is 6.07 Å². The molecule has 8 heteroatoms. The number of hydrogen-bond acceptors (Lipinski definition) is 6. The first kappa shape index (κ1) is 18.9. The molecule has 0 unspecified atom stereocenters. The lowest BCUT2D eigenvalue weighted by molar-refractivity contribution is -0.134. The lowest BCUT2D eigenvalue weighted by atomic mass is 9.86. The van der Waals surface area contributed by atoms with Crippen molar-refractivity contribution in [2.45, 2.75) is 50.1 Å². The number of halogens is 1. The maximum absolute atomic E-state index is 13.9. The predicted octanol–water partition coefficient (Wildman–Crippen LogP) is 2.20. The summed E-state index contributed by atoms with van der Waals surface area (Å²) in [6, 6.07) is 7.02. The van der Waals surface area contributed by atoms with Gasteiger partial charge in [-0.2, -0.15) is 0 Å². The van der Waals surface area contributed by atoms with Gasteiger partial charge in [0.25, 0.3) is 0 Å². The van der Waals surface area contributed by atoms with Gasteiger partial charge < -0.3 is 15.5 Å². The number of carbonyl (C=O) groups excluding carboxylic acids is 1. The van der Waals surface area contributed by atoms with E-state index in [2.05, 4.69) is 26.9 Å². The van der Waals surface area contributed by atoms with Crippen LogP contribution in [0.1, 0.15) is 42.9 Å². The summed E-state index contributed by atoms with van der Waals surface area (Å²) in [5.41, 5.74) is 7.07. The van der Waals surface area contributed by atoms with Gasteiger partial charge in [-0.25, -0.2) is 9.02 Å². The van der Waals surface area contributed by atoms with Crippen molar-refractivity contribution in [1.82, 2.24) is 20.1 Å². The van der Waals surface area contributed by atoms with Crippen molar-refractivity contribution in [3.8, 4) is 0 Å². The summed E-state index contributed by atoms with van der Waals surface area (Å²) in [6.45, 7) is 1.49. The number of amides is 1. The Kier molecular flexibility index (Phi) is 5.30. The minimum absolute atomic E-state index is 0.000634. The molecule has 3 atom stereocenters. The number of hydrogen-bond donors (Lipinski definition) is 1. The Morgan fingerprint density at radius 3 is 2.93 bits per heavy atom. The molecule has 2 aliphatic rings. The zero-order valence-electron chi connectivity index (χ0n) is 16.1. The van der Waals surface area contributed by atoms with Crippen LogP contribution in [0.25, 0.3) is 0 Å². The molecular formula is C20H26FN5O2. The van der Waals surface area contributed by atoms with E-state index >= 15 is 0 Å². The van der Waals surface area contributed by atoms with Crippen molar-refractivity contribution in [3.05, 3.63) is 41.3 Å². The third-order valence-electron chi connectivity index (χ3n) is 6.12. The summed E-state index contributed by atoms with van der Waals surface area (Å²) in [7, 11) is 2.10. The second-order valence-electron chi connectivity index (χ2n) is 7.87. The Bertz CT molecular complexity index is 842. The molecule has 0 radical (unpaired) electrons. The van der Waals surface area contributed by atoms with E-state index < -0.39 is 0 Å². The van der Waals surface area contributed by atoms with E-state index in [0.717, 1.165) is 37.8 Å². The average Bonchev–Trinajstić information content (AvgIpc) is 3.18. The Hall–Kier alpha value is -2.48. The second kappa shape index (κ2) is 7.87. The van der Waals surface area contributed by atoms with Gasteiger partial charge in [-0.1, -0.05) is 30.1 Å². The summed E-state index contributed by atoms with van der Waals surface area (Å²) in [5.74, 6) is -0.0486. The number of aromatic nitrogens is 2. The van der Waals surface area contributed by atoms with Crippen LogP contribution in [-0.4, -0.2) is 58.2 Å². The van der Waals surface area contributed by atoms with E-state index in [-0.39, 0.29) is 42.0 Å². The number of fused-ring (bicyclic) bond motifs is 1. The van der Waals surface area contributed by atoms with Gasteiger partial charge in [-0.15, -0.1) is 0 Å². The van der Waals surface area contributed by atoms with Crippen LogP contribution in [0.4, 0.5) is 10.2 Å². The summed E-state index contributed by atoms with van der Waals surface area (Å²) in [6.07, 6.45) is 4.30. The monoisotopic (exact) mass is 387 g/mol. The fraction of sp³-hybridized carbons (Fsp3) is 0.550. The average molecular weight is 387 g/mol. The van der Waals surface area contributed by atoms with Crippen molar-refractivity contribution in [2.24, 2.45) is 0 Å². The molecule has 1 amide bonds. The van der Waals surface area contributed by atoms with Crippen molar-refractivity contribution < 1.29 is 13.8 Å². The molecular weight excluding hydrogens is 361 g/mol. The Labute approximate surface area is 163 Å². The molecule has 28 heavy (non-hydrogen) atoms. The first-order valence-corrected chi connectivity index (χ1v) is 9.86. The fourth-order valence-electron chi connectivity index (χ4n) is 4.77. The number of likely N-dealkylation sites (N-methyl/N-ethyl adjacent to an activating group) is 1. The van der Waals surface area contributed by atoms with Crippen LogP contribution < -0.4 is 5.73 Å². The first-order chi connectivity index (χ1) is 13.5. The third kappa shape index (κ3) is 3.61. The zero-order chi connectivity index (χ0) is 19.7. The maximum Gasteiger partial charge on any atom is 0.229 e. The molecule has 0 spiro atoms. The predicted molar refractivity (Wildman–Crippen MR) is 102 cm³/mol. The summed E-state index contributed by atoms with van der Waals surface area (Å²) < 4.78 is 18.5. The Morgan fingerprint density at radius 2 is 2.18 bits per heavy atom. The first-order valence-electron chi connectivity index (χ1n) is 9.86. The number of carbonyl (C=O) groups is 1. The maximum atomic E-state index is 13.9. The molecule has 2 aromatic rings. The van der Waals surface area contributed by atoms with Gasteiger partial charge in [-0.05, 0) is 42.7 Å². The molecule has 4 rings (SSSR count). The van der Waals surface area contributed by atoms with Crippen molar-refractivity contribution in [1.29, 1.82) is 0 Å². The standard InChI is InChI=1S/C20H26FN5O2/c1-25-12-15(13-6-5-7-14(21)10-13)19-17(25)8-3-2-4-9-26(19)18(27)11-16-20(22)24-28-23-16/h5-7,10,15,17,19H,2-4,8-9,11-12H2,1H3,(H2,22,24)/t15-,17+,19-/m0/s1.